The summed E-state index contributed by atoms with van der Waals surface area (Å²) in [6.45, 7) is 7.99. The van der Waals surface area contributed by atoms with Crippen LogP contribution < -0.4 is 5.32 Å². The molecule has 2 fully saturated rings. The number of piperidine rings is 1. The molecule has 0 aromatic rings. The Morgan fingerprint density at radius 3 is 2.82 bits per heavy atom. The number of aliphatic imine (C=N–C) groups is 1. The monoisotopic (exact) mass is 299 g/mol. The zero-order valence-corrected chi connectivity index (χ0v) is 14.1. The molecule has 1 aliphatic carbocycles. The minimum absolute atomic E-state index is 0.0753. The van der Waals surface area contributed by atoms with Gasteiger partial charge in [-0.2, -0.15) is 0 Å². The first-order chi connectivity index (χ1) is 10.7. The van der Waals surface area contributed by atoms with E-state index >= 15 is 0 Å². The average molecular weight is 299 g/mol. The Balaban J connectivity index is 1.80. The Morgan fingerprint density at radius 2 is 2.14 bits per heavy atom. The molecule has 3 heteroatoms. The predicted octanol–water partition coefficient (Wildman–Crippen LogP) is 3.49. The van der Waals surface area contributed by atoms with Gasteiger partial charge in [-0.05, 0) is 51.6 Å². The van der Waals surface area contributed by atoms with Gasteiger partial charge in [0.2, 0.25) is 0 Å². The van der Waals surface area contributed by atoms with Crippen LogP contribution in [0.3, 0.4) is 0 Å². The molecule has 0 bridgehead atoms. The van der Waals surface area contributed by atoms with Gasteiger partial charge in [-0.15, -0.1) is 0 Å². The van der Waals surface area contributed by atoms with E-state index in [-0.39, 0.29) is 5.54 Å². The first-order valence-electron chi connectivity index (χ1n) is 9.20. The third-order valence-corrected chi connectivity index (χ3v) is 6.26. The third-order valence-electron chi connectivity index (χ3n) is 6.26. The summed E-state index contributed by atoms with van der Waals surface area (Å²) < 4.78 is 0. The molecule has 0 amide bonds. The number of fused-ring (bicyclic) bond motifs is 2. The van der Waals surface area contributed by atoms with Crippen molar-refractivity contribution in [1.29, 1.82) is 0 Å². The van der Waals surface area contributed by atoms with E-state index in [9.17, 15) is 0 Å². The maximum atomic E-state index is 5.50. The van der Waals surface area contributed by atoms with Gasteiger partial charge >= 0.3 is 0 Å². The molecule has 0 aromatic carbocycles. The van der Waals surface area contributed by atoms with Crippen LogP contribution in [0.5, 0.6) is 0 Å². The fourth-order valence-corrected chi connectivity index (χ4v) is 5.07. The molecule has 1 saturated heterocycles. The van der Waals surface area contributed by atoms with E-state index < -0.39 is 0 Å². The molecule has 22 heavy (non-hydrogen) atoms. The molecule has 120 valence electrons. The molecule has 4 aliphatic rings. The zero-order chi connectivity index (χ0) is 15.2. The van der Waals surface area contributed by atoms with Crippen molar-refractivity contribution in [1.82, 2.24) is 10.2 Å². The van der Waals surface area contributed by atoms with Crippen LogP contribution in [0.4, 0.5) is 0 Å². The fraction of sp³-hybridized carbons (Fsp3) is 0.737. The van der Waals surface area contributed by atoms with Crippen LogP contribution in [-0.2, 0) is 0 Å². The maximum absolute atomic E-state index is 5.50. The van der Waals surface area contributed by atoms with Crippen molar-refractivity contribution < 1.29 is 0 Å². The lowest BCUT2D eigenvalue weighted by Gasteiger charge is -2.46. The van der Waals surface area contributed by atoms with Gasteiger partial charge in [-0.25, -0.2) is 0 Å². The van der Waals surface area contributed by atoms with E-state index in [1.165, 1.54) is 42.8 Å². The molecule has 1 saturated carbocycles. The lowest BCUT2D eigenvalue weighted by Crippen LogP contribution is -2.50. The SMILES string of the molecule is C/C=C1\C(C2CCCC2C)=NC2(CCNCC2)C2=CCCN21. The second kappa shape index (κ2) is 5.52. The standard InChI is InChI=1S/C19H29N3/c1-3-16-18(15-7-4-6-14(15)2)21-19(9-11-20-12-10-19)17-8-5-13-22(16)17/h3,8,14-15,20H,4-7,9-13H2,1-2H3/b16-3+. The lowest BCUT2D eigenvalue weighted by molar-refractivity contribution is 0.282. The largest absolute Gasteiger partial charge is 0.342 e. The summed E-state index contributed by atoms with van der Waals surface area (Å²) >= 11 is 0. The average Bonchev–Trinajstić information content (AvgIpc) is 3.17. The number of nitrogens with one attached hydrogen (secondary N) is 1. The van der Waals surface area contributed by atoms with Crippen molar-refractivity contribution in [2.75, 3.05) is 19.6 Å². The lowest BCUT2D eigenvalue weighted by atomic mass is 9.80. The summed E-state index contributed by atoms with van der Waals surface area (Å²) in [5, 5.41) is 3.52. The van der Waals surface area contributed by atoms with E-state index in [1.807, 2.05) is 0 Å². The highest BCUT2D eigenvalue weighted by Crippen LogP contribution is 2.46. The quantitative estimate of drug-likeness (QED) is 0.802. The molecule has 1 spiro atoms. The van der Waals surface area contributed by atoms with Crippen LogP contribution in [0, 0.1) is 11.8 Å². The van der Waals surface area contributed by atoms with Crippen molar-refractivity contribution in [2.45, 2.75) is 57.9 Å². The normalized spacial score (nSPS) is 35.7. The summed E-state index contributed by atoms with van der Waals surface area (Å²) in [7, 11) is 0. The second-order valence-corrected chi connectivity index (χ2v) is 7.50. The van der Waals surface area contributed by atoms with Gasteiger partial charge in [-0.3, -0.25) is 4.99 Å². The van der Waals surface area contributed by atoms with Crippen molar-refractivity contribution in [2.24, 2.45) is 16.8 Å². The number of nitrogens with zero attached hydrogens (tertiary/aromatic N) is 2. The Hall–Kier alpha value is -1.09. The predicted molar refractivity (Wildman–Crippen MR) is 91.9 cm³/mol. The minimum Gasteiger partial charge on any atom is -0.342 e. The van der Waals surface area contributed by atoms with Gasteiger partial charge in [-0.1, -0.05) is 31.9 Å². The summed E-state index contributed by atoms with van der Waals surface area (Å²) in [4.78, 5) is 8.11. The number of hydrogen-bond acceptors (Lipinski definition) is 3. The van der Waals surface area contributed by atoms with Crippen molar-refractivity contribution in [3.8, 4) is 0 Å². The first-order valence-corrected chi connectivity index (χ1v) is 9.20. The molecule has 2 atom stereocenters. The topological polar surface area (TPSA) is 27.6 Å². The number of allylic oxidation sites excluding steroid dienone is 2. The molecule has 4 rings (SSSR count). The Morgan fingerprint density at radius 1 is 1.32 bits per heavy atom. The molecule has 2 unspecified atom stereocenters. The highest BCUT2D eigenvalue weighted by atomic mass is 15.2. The molecule has 0 radical (unpaired) electrons. The minimum atomic E-state index is 0.0753. The van der Waals surface area contributed by atoms with E-state index in [1.54, 1.807) is 0 Å². The fourth-order valence-electron chi connectivity index (χ4n) is 5.07. The summed E-state index contributed by atoms with van der Waals surface area (Å²) in [6, 6.07) is 0. The third kappa shape index (κ3) is 2.09. The van der Waals surface area contributed by atoms with Crippen LogP contribution in [0.25, 0.3) is 0 Å². The number of rotatable bonds is 1. The van der Waals surface area contributed by atoms with Gasteiger partial charge in [0, 0.05) is 18.2 Å². The van der Waals surface area contributed by atoms with E-state index in [0.717, 1.165) is 38.4 Å². The van der Waals surface area contributed by atoms with Crippen LogP contribution in [0.15, 0.2) is 28.5 Å². The Kier molecular flexibility index (Phi) is 3.64. The Labute approximate surface area is 134 Å². The van der Waals surface area contributed by atoms with E-state index in [0.29, 0.717) is 5.92 Å². The highest BCUT2D eigenvalue weighted by Gasteiger charge is 2.46. The Bertz CT molecular complexity index is 537. The molecule has 3 aliphatic heterocycles. The van der Waals surface area contributed by atoms with Gasteiger partial charge < -0.3 is 10.2 Å². The zero-order valence-electron chi connectivity index (χ0n) is 14.1. The van der Waals surface area contributed by atoms with Crippen LogP contribution in [0.1, 0.15) is 52.4 Å². The summed E-state index contributed by atoms with van der Waals surface area (Å²) in [5.41, 5.74) is 4.45. The van der Waals surface area contributed by atoms with Gasteiger partial charge in [0.05, 0.1) is 11.4 Å². The van der Waals surface area contributed by atoms with Crippen LogP contribution in [-0.4, -0.2) is 35.8 Å². The number of hydrogen-bond donors (Lipinski definition) is 1. The maximum Gasteiger partial charge on any atom is 0.103 e. The highest BCUT2D eigenvalue weighted by molar-refractivity contribution is 6.03. The molecular weight excluding hydrogens is 270 g/mol. The van der Waals surface area contributed by atoms with Crippen LogP contribution in [0.2, 0.25) is 0 Å². The molecule has 1 N–H and O–H groups in total. The second-order valence-electron chi connectivity index (χ2n) is 7.50. The van der Waals surface area contributed by atoms with E-state index in [2.05, 4.69) is 36.2 Å². The summed E-state index contributed by atoms with van der Waals surface area (Å²) in [5.74, 6) is 1.47. The van der Waals surface area contributed by atoms with Crippen LogP contribution >= 0.6 is 0 Å². The van der Waals surface area contributed by atoms with Crippen molar-refractivity contribution in [3.63, 3.8) is 0 Å². The molecular formula is C19H29N3. The van der Waals surface area contributed by atoms with Gasteiger partial charge in [0.1, 0.15) is 5.54 Å². The molecule has 3 heterocycles. The smallest absolute Gasteiger partial charge is 0.103 e. The summed E-state index contributed by atoms with van der Waals surface area (Å²) in [6.07, 6.45) is 12.4. The van der Waals surface area contributed by atoms with Gasteiger partial charge in [0.15, 0.2) is 0 Å². The van der Waals surface area contributed by atoms with Crippen molar-refractivity contribution >= 4 is 5.71 Å². The molecule has 3 nitrogen and oxygen atoms in total. The first kappa shape index (κ1) is 14.5. The molecule has 0 aromatic heterocycles. The van der Waals surface area contributed by atoms with Gasteiger partial charge in [0.25, 0.3) is 0 Å². The van der Waals surface area contributed by atoms with E-state index in [4.69, 9.17) is 4.99 Å². The van der Waals surface area contributed by atoms with Crippen molar-refractivity contribution in [3.05, 3.63) is 23.5 Å².